The summed E-state index contributed by atoms with van der Waals surface area (Å²) >= 11 is 0. The third kappa shape index (κ3) is 11.9. The van der Waals surface area contributed by atoms with Crippen LogP contribution in [-0.4, -0.2) is 17.7 Å². The first-order chi connectivity index (χ1) is 7.87. The molecule has 0 radical (unpaired) electrons. The molecule has 0 aromatic heterocycles. The van der Waals surface area contributed by atoms with Crippen molar-refractivity contribution in [1.82, 2.24) is 6.15 Å². The largest absolute Gasteiger partial charge is 0.550 e. The highest BCUT2D eigenvalue weighted by Gasteiger charge is 2.11. The molecule has 0 spiro atoms. The van der Waals surface area contributed by atoms with Crippen LogP contribution >= 0.6 is 0 Å². The minimum atomic E-state index is -0.964. The number of carboxylic acid groups (broad SMARTS) is 1. The van der Waals surface area contributed by atoms with Crippen LogP contribution in [0.25, 0.3) is 0 Å². The highest BCUT2D eigenvalue weighted by atomic mass is 16.4. The van der Waals surface area contributed by atoms with E-state index in [2.05, 4.69) is 20.8 Å². The van der Waals surface area contributed by atoms with E-state index >= 15 is 0 Å². The van der Waals surface area contributed by atoms with Gasteiger partial charge >= 0.3 is 0 Å². The number of aliphatic hydroxyl groups is 1. The number of carbonyl (C=O) groups is 1. The lowest BCUT2D eigenvalue weighted by atomic mass is 9.88. The summed E-state index contributed by atoms with van der Waals surface area (Å²) in [5.74, 6) is -1.34. The molecular formula is C14H31NO3. The Balaban J connectivity index is 0. The molecule has 0 rings (SSSR count). The highest BCUT2D eigenvalue weighted by molar-refractivity contribution is 5.67. The van der Waals surface area contributed by atoms with Gasteiger partial charge in [-0.2, -0.15) is 0 Å². The molecule has 0 heterocycles. The second-order valence-electron chi connectivity index (χ2n) is 6.04. The van der Waals surface area contributed by atoms with E-state index in [9.17, 15) is 9.90 Å². The molecule has 110 valence electrons. The smallest absolute Gasteiger partial charge is 0.0445 e. The summed E-state index contributed by atoms with van der Waals surface area (Å²) in [6.45, 7) is 6.72. The van der Waals surface area contributed by atoms with Gasteiger partial charge < -0.3 is 21.2 Å². The van der Waals surface area contributed by atoms with Crippen LogP contribution in [0.1, 0.15) is 65.7 Å². The van der Waals surface area contributed by atoms with Gasteiger partial charge in [0.25, 0.3) is 0 Å². The van der Waals surface area contributed by atoms with Crippen molar-refractivity contribution in [2.45, 2.75) is 65.7 Å². The molecule has 0 amide bonds. The van der Waals surface area contributed by atoms with E-state index in [-0.39, 0.29) is 18.7 Å². The summed E-state index contributed by atoms with van der Waals surface area (Å²) in [7, 11) is 0. The fourth-order valence-electron chi connectivity index (χ4n) is 1.94. The van der Waals surface area contributed by atoms with Crippen LogP contribution < -0.4 is 11.3 Å². The van der Waals surface area contributed by atoms with E-state index < -0.39 is 5.97 Å². The van der Waals surface area contributed by atoms with Crippen LogP contribution in [0.3, 0.4) is 0 Å². The zero-order valence-corrected chi connectivity index (χ0v) is 12.5. The first kappa shape index (κ1) is 19.7. The van der Waals surface area contributed by atoms with Crippen molar-refractivity contribution in [3.05, 3.63) is 0 Å². The van der Waals surface area contributed by atoms with Gasteiger partial charge in [0, 0.05) is 12.6 Å². The van der Waals surface area contributed by atoms with Gasteiger partial charge in [0.1, 0.15) is 0 Å². The molecule has 5 N–H and O–H groups in total. The monoisotopic (exact) mass is 261 g/mol. The highest BCUT2D eigenvalue weighted by Crippen LogP contribution is 2.23. The van der Waals surface area contributed by atoms with Gasteiger partial charge in [0.05, 0.1) is 0 Å². The SMILES string of the molecule is CC(C)(C)CCCCCC(CCCO)C(=O)[O-].[NH4+]. The van der Waals surface area contributed by atoms with Crippen LogP contribution in [0.2, 0.25) is 0 Å². The second kappa shape index (κ2) is 10.3. The summed E-state index contributed by atoms with van der Waals surface area (Å²) in [5.41, 5.74) is 0.366. The van der Waals surface area contributed by atoms with Crippen molar-refractivity contribution in [1.29, 1.82) is 0 Å². The number of carboxylic acids is 1. The molecule has 0 fully saturated rings. The maximum Gasteiger partial charge on any atom is 0.0445 e. The van der Waals surface area contributed by atoms with E-state index in [0.29, 0.717) is 24.7 Å². The zero-order valence-electron chi connectivity index (χ0n) is 12.5. The third-order valence-electron chi connectivity index (χ3n) is 3.02. The summed E-state index contributed by atoms with van der Waals surface area (Å²) in [4.78, 5) is 10.8. The number of aliphatic hydroxyl groups excluding tert-OH is 1. The van der Waals surface area contributed by atoms with Crippen molar-refractivity contribution in [3.8, 4) is 0 Å². The average Bonchev–Trinajstić information content (AvgIpc) is 2.20. The van der Waals surface area contributed by atoms with E-state index in [0.717, 1.165) is 19.3 Å². The molecule has 0 aliphatic rings. The number of quaternary nitrogens is 1. The summed E-state index contributed by atoms with van der Waals surface area (Å²) in [5, 5.41) is 19.5. The summed E-state index contributed by atoms with van der Waals surface area (Å²) in [6, 6.07) is 0. The molecule has 0 bridgehead atoms. The van der Waals surface area contributed by atoms with Crippen molar-refractivity contribution < 1.29 is 15.0 Å². The van der Waals surface area contributed by atoms with Crippen LogP contribution in [0.15, 0.2) is 0 Å². The molecule has 0 aliphatic heterocycles. The van der Waals surface area contributed by atoms with Crippen molar-refractivity contribution in [2.75, 3.05) is 6.61 Å². The van der Waals surface area contributed by atoms with Gasteiger partial charge in [0.15, 0.2) is 0 Å². The molecule has 1 unspecified atom stereocenters. The quantitative estimate of drug-likeness (QED) is 0.624. The van der Waals surface area contributed by atoms with Gasteiger partial charge in [-0.15, -0.1) is 0 Å². The van der Waals surface area contributed by atoms with Gasteiger partial charge in [0.2, 0.25) is 0 Å². The molecule has 1 atom stereocenters. The van der Waals surface area contributed by atoms with E-state index in [1.54, 1.807) is 0 Å². The van der Waals surface area contributed by atoms with Crippen LogP contribution in [0, 0.1) is 11.3 Å². The summed E-state index contributed by atoms with van der Waals surface area (Å²) in [6.07, 6.45) is 6.15. The van der Waals surface area contributed by atoms with Gasteiger partial charge in [-0.05, 0) is 37.0 Å². The number of carbonyl (C=O) groups excluding carboxylic acids is 1. The Morgan fingerprint density at radius 2 is 1.67 bits per heavy atom. The standard InChI is InChI=1S/C14H28O3.H3N/c1-14(2,3)10-6-4-5-8-12(13(16)17)9-7-11-15;/h12,15H,4-11H2,1-3H3,(H,16,17);1H3. The lowest BCUT2D eigenvalue weighted by Crippen LogP contribution is -2.31. The molecule has 0 aromatic carbocycles. The Bertz CT molecular complexity index is 212. The molecule has 0 aliphatic carbocycles. The normalized spacial score (nSPS) is 12.9. The molecule has 4 heteroatoms. The Hall–Kier alpha value is -0.610. The summed E-state index contributed by atoms with van der Waals surface area (Å²) < 4.78 is 0. The predicted molar refractivity (Wildman–Crippen MR) is 73.3 cm³/mol. The third-order valence-corrected chi connectivity index (χ3v) is 3.02. The van der Waals surface area contributed by atoms with Crippen LogP contribution in [-0.2, 0) is 4.79 Å². The average molecular weight is 261 g/mol. The molecule has 18 heavy (non-hydrogen) atoms. The molecular weight excluding hydrogens is 230 g/mol. The van der Waals surface area contributed by atoms with E-state index in [1.807, 2.05) is 0 Å². The first-order valence-electron chi connectivity index (χ1n) is 6.68. The van der Waals surface area contributed by atoms with Crippen molar-refractivity contribution in [2.24, 2.45) is 11.3 Å². The number of hydrogen-bond acceptors (Lipinski definition) is 3. The first-order valence-corrected chi connectivity index (χ1v) is 6.68. The van der Waals surface area contributed by atoms with Crippen LogP contribution in [0.4, 0.5) is 0 Å². The fraction of sp³-hybridized carbons (Fsp3) is 0.929. The minimum Gasteiger partial charge on any atom is -0.550 e. The van der Waals surface area contributed by atoms with E-state index in [1.165, 1.54) is 6.42 Å². The molecule has 0 aromatic rings. The predicted octanol–water partition coefficient (Wildman–Crippen LogP) is 2.50. The topological polar surface area (TPSA) is 96.9 Å². The van der Waals surface area contributed by atoms with Gasteiger partial charge in [-0.1, -0.05) is 40.0 Å². The number of hydrogen-bond donors (Lipinski definition) is 2. The number of rotatable bonds is 9. The van der Waals surface area contributed by atoms with E-state index in [4.69, 9.17) is 5.11 Å². The van der Waals surface area contributed by atoms with Crippen molar-refractivity contribution in [3.63, 3.8) is 0 Å². The second-order valence-corrected chi connectivity index (χ2v) is 6.04. The fourth-order valence-corrected chi connectivity index (χ4v) is 1.94. The maximum atomic E-state index is 10.8. The zero-order chi connectivity index (χ0) is 13.3. The maximum absolute atomic E-state index is 10.8. The lowest BCUT2D eigenvalue weighted by Gasteiger charge is -2.19. The Morgan fingerprint density at radius 3 is 2.11 bits per heavy atom. The minimum absolute atomic E-state index is 0. The molecule has 0 saturated heterocycles. The molecule has 4 nitrogen and oxygen atoms in total. The lowest BCUT2D eigenvalue weighted by molar-refractivity contribution is -0.312. The Kier molecular flexibility index (Phi) is 11.3. The van der Waals surface area contributed by atoms with Gasteiger partial charge in [-0.25, -0.2) is 0 Å². The Labute approximate surface area is 111 Å². The van der Waals surface area contributed by atoms with Crippen molar-refractivity contribution >= 4 is 5.97 Å². The molecule has 0 saturated carbocycles. The Morgan fingerprint density at radius 1 is 1.11 bits per heavy atom. The number of aliphatic carboxylic acids is 1. The van der Waals surface area contributed by atoms with Crippen LogP contribution in [0.5, 0.6) is 0 Å². The number of unbranched alkanes of at least 4 members (excludes halogenated alkanes) is 2. The van der Waals surface area contributed by atoms with Gasteiger partial charge in [-0.3, -0.25) is 0 Å².